The molecule has 186 valence electrons. The minimum absolute atomic E-state index is 0.0377. The van der Waals surface area contributed by atoms with Gasteiger partial charge in [0.25, 0.3) is 0 Å². The molecule has 1 atom stereocenters. The quantitative estimate of drug-likeness (QED) is 0.382. The van der Waals surface area contributed by atoms with E-state index < -0.39 is 0 Å². The van der Waals surface area contributed by atoms with Crippen LogP contribution in [0.5, 0.6) is 0 Å². The smallest absolute Gasteiger partial charge is 0.219 e. The van der Waals surface area contributed by atoms with Crippen molar-refractivity contribution in [1.82, 2.24) is 15.1 Å². The second kappa shape index (κ2) is 11.6. The SMILES string of the molecule is CCC(=O)NC[C@H](N)CN1CCN(CCCNc2cccc3c2C(=O)c2ccccc2C3=O)CC1. The van der Waals surface area contributed by atoms with Crippen molar-refractivity contribution in [1.29, 1.82) is 0 Å². The number of nitrogens with two attached hydrogens (primary N) is 1. The zero-order valence-corrected chi connectivity index (χ0v) is 20.4. The van der Waals surface area contributed by atoms with Crippen LogP contribution >= 0.6 is 0 Å². The zero-order valence-electron chi connectivity index (χ0n) is 20.4. The van der Waals surface area contributed by atoms with Crippen LogP contribution in [0.15, 0.2) is 42.5 Å². The molecule has 0 bridgehead atoms. The predicted molar refractivity (Wildman–Crippen MR) is 137 cm³/mol. The molecule has 2 aromatic rings. The molecule has 2 aromatic carbocycles. The summed E-state index contributed by atoms with van der Waals surface area (Å²) >= 11 is 0. The lowest BCUT2D eigenvalue weighted by Crippen LogP contribution is -2.52. The van der Waals surface area contributed by atoms with E-state index >= 15 is 0 Å². The summed E-state index contributed by atoms with van der Waals surface area (Å²) in [6.07, 6.45) is 1.42. The summed E-state index contributed by atoms with van der Waals surface area (Å²) in [5.74, 6) is -0.151. The number of hydrogen-bond donors (Lipinski definition) is 3. The van der Waals surface area contributed by atoms with Gasteiger partial charge in [-0.1, -0.05) is 43.3 Å². The Hall–Kier alpha value is -3.07. The molecule has 0 saturated carbocycles. The Kier molecular flexibility index (Phi) is 8.28. The molecule has 1 saturated heterocycles. The molecular weight excluding hydrogens is 442 g/mol. The number of anilines is 1. The van der Waals surface area contributed by atoms with Gasteiger partial charge in [0.15, 0.2) is 11.6 Å². The summed E-state index contributed by atoms with van der Waals surface area (Å²) in [6.45, 7) is 8.72. The maximum Gasteiger partial charge on any atom is 0.219 e. The summed E-state index contributed by atoms with van der Waals surface area (Å²) in [5, 5.41) is 6.26. The van der Waals surface area contributed by atoms with E-state index in [0.717, 1.165) is 57.9 Å². The first kappa shape index (κ1) is 25.0. The minimum atomic E-state index is -0.0955. The van der Waals surface area contributed by atoms with Crippen LogP contribution in [-0.2, 0) is 4.79 Å². The lowest BCUT2D eigenvalue weighted by atomic mass is 9.83. The summed E-state index contributed by atoms with van der Waals surface area (Å²) in [4.78, 5) is 42.2. The van der Waals surface area contributed by atoms with Crippen molar-refractivity contribution in [2.45, 2.75) is 25.8 Å². The van der Waals surface area contributed by atoms with E-state index in [4.69, 9.17) is 5.73 Å². The van der Waals surface area contributed by atoms with Gasteiger partial charge in [-0.3, -0.25) is 19.3 Å². The fourth-order valence-electron chi connectivity index (χ4n) is 4.78. The number of carbonyl (C=O) groups is 3. The van der Waals surface area contributed by atoms with Crippen molar-refractivity contribution >= 4 is 23.2 Å². The Morgan fingerprint density at radius 3 is 2.31 bits per heavy atom. The van der Waals surface area contributed by atoms with Crippen LogP contribution in [0.4, 0.5) is 5.69 Å². The highest BCUT2D eigenvalue weighted by Gasteiger charge is 2.31. The Bertz CT molecular complexity index is 1080. The van der Waals surface area contributed by atoms with Gasteiger partial charge >= 0.3 is 0 Å². The van der Waals surface area contributed by atoms with E-state index in [2.05, 4.69) is 20.4 Å². The molecule has 8 heteroatoms. The number of ketones is 2. The average Bonchev–Trinajstić information content (AvgIpc) is 2.89. The highest BCUT2D eigenvalue weighted by molar-refractivity contribution is 6.30. The van der Waals surface area contributed by atoms with Crippen LogP contribution in [0.1, 0.15) is 51.6 Å². The molecule has 0 aromatic heterocycles. The third-order valence-electron chi connectivity index (χ3n) is 6.76. The molecule has 4 rings (SSSR count). The summed E-state index contributed by atoms with van der Waals surface area (Å²) in [6, 6.07) is 12.4. The maximum absolute atomic E-state index is 13.1. The van der Waals surface area contributed by atoms with Gasteiger partial charge < -0.3 is 21.3 Å². The number of nitrogens with zero attached hydrogens (tertiary/aromatic N) is 2. The Balaban J connectivity index is 1.22. The lowest BCUT2D eigenvalue weighted by molar-refractivity contribution is -0.120. The number of rotatable bonds is 10. The normalized spacial score (nSPS) is 17.0. The molecule has 1 fully saturated rings. The number of piperazine rings is 1. The van der Waals surface area contributed by atoms with E-state index in [0.29, 0.717) is 35.2 Å². The molecule has 0 radical (unpaired) electrons. The lowest BCUT2D eigenvalue weighted by Gasteiger charge is -2.36. The molecule has 35 heavy (non-hydrogen) atoms. The standard InChI is InChI=1S/C27H35N5O3/c1-2-24(33)30-17-19(28)18-32-15-13-31(14-16-32)12-6-11-29-23-10-5-9-22-25(23)27(35)21-8-4-3-7-20(21)26(22)34/h3-5,7-10,19,29H,2,6,11-18,28H2,1H3,(H,30,33)/t19-/m0/s1. The van der Waals surface area contributed by atoms with Crippen LogP contribution in [-0.4, -0.2) is 85.7 Å². The van der Waals surface area contributed by atoms with Crippen molar-refractivity contribution < 1.29 is 14.4 Å². The molecule has 0 unspecified atom stereocenters. The van der Waals surface area contributed by atoms with Gasteiger partial charge in [-0.15, -0.1) is 0 Å². The third-order valence-corrected chi connectivity index (χ3v) is 6.76. The molecular formula is C27H35N5O3. The van der Waals surface area contributed by atoms with Crippen LogP contribution < -0.4 is 16.4 Å². The molecule has 2 aliphatic rings. The molecule has 1 heterocycles. The second-order valence-corrected chi connectivity index (χ2v) is 9.27. The Morgan fingerprint density at radius 2 is 1.60 bits per heavy atom. The van der Waals surface area contributed by atoms with Gasteiger partial charge in [-0.25, -0.2) is 0 Å². The van der Waals surface area contributed by atoms with Crippen molar-refractivity contribution in [3.05, 3.63) is 64.7 Å². The zero-order chi connectivity index (χ0) is 24.8. The second-order valence-electron chi connectivity index (χ2n) is 9.27. The largest absolute Gasteiger partial charge is 0.384 e. The van der Waals surface area contributed by atoms with Gasteiger partial charge in [0.2, 0.25) is 5.91 Å². The molecule has 4 N–H and O–H groups in total. The molecule has 1 aliphatic carbocycles. The van der Waals surface area contributed by atoms with E-state index in [1.54, 1.807) is 30.3 Å². The monoisotopic (exact) mass is 477 g/mol. The first-order valence-electron chi connectivity index (χ1n) is 12.5. The highest BCUT2D eigenvalue weighted by atomic mass is 16.2. The Morgan fingerprint density at radius 1 is 0.943 bits per heavy atom. The number of benzene rings is 2. The van der Waals surface area contributed by atoms with Crippen LogP contribution in [0.3, 0.4) is 0 Å². The van der Waals surface area contributed by atoms with Gasteiger partial charge in [0, 0.05) is 80.7 Å². The third kappa shape index (κ3) is 5.96. The van der Waals surface area contributed by atoms with Gasteiger partial charge in [0.1, 0.15) is 0 Å². The van der Waals surface area contributed by atoms with E-state index in [1.165, 1.54) is 0 Å². The van der Waals surface area contributed by atoms with Crippen LogP contribution in [0, 0.1) is 0 Å². The Labute approximate surface area is 206 Å². The van der Waals surface area contributed by atoms with Crippen molar-refractivity contribution in [3.63, 3.8) is 0 Å². The van der Waals surface area contributed by atoms with Crippen molar-refractivity contribution in [2.75, 3.05) is 57.7 Å². The van der Waals surface area contributed by atoms with Gasteiger partial charge in [0.05, 0.1) is 5.56 Å². The number of carbonyl (C=O) groups excluding carboxylic acids is 3. The first-order chi connectivity index (χ1) is 17.0. The van der Waals surface area contributed by atoms with Gasteiger partial charge in [-0.2, -0.15) is 0 Å². The van der Waals surface area contributed by atoms with E-state index in [1.807, 2.05) is 19.1 Å². The number of hydrogen-bond acceptors (Lipinski definition) is 7. The van der Waals surface area contributed by atoms with E-state index in [9.17, 15) is 14.4 Å². The fourth-order valence-corrected chi connectivity index (χ4v) is 4.78. The molecule has 1 aliphatic heterocycles. The van der Waals surface area contributed by atoms with Crippen molar-refractivity contribution in [3.8, 4) is 0 Å². The number of amides is 1. The molecule has 0 spiro atoms. The van der Waals surface area contributed by atoms with Crippen molar-refractivity contribution in [2.24, 2.45) is 5.73 Å². The maximum atomic E-state index is 13.1. The summed E-state index contributed by atoms with van der Waals surface area (Å²) in [7, 11) is 0. The average molecular weight is 478 g/mol. The first-order valence-corrected chi connectivity index (χ1v) is 12.5. The molecule has 8 nitrogen and oxygen atoms in total. The topological polar surface area (TPSA) is 108 Å². The van der Waals surface area contributed by atoms with Crippen LogP contribution in [0.2, 0.25) is 0 Å². The number of fused-ring (bicyclic) bond motifs is 2. The fraction of sp³-hybridized carbons (Fsp3) is 0.444. The summed E-state index contributed by atoms with van der Waals surface area (Å²) in [5.41, 5.74) is 8.80. The van der Waals surface area contributed by atoms with E-state index in [-0.39, 0.29) is 23.5 Å². The highest BCUT2D eigenvalue weighted by Crippen LogP contribution is 2.31. The number of nitrogens with one attached hydrogen (secondary N) is 2. The summed E-state index contributed by atoms with van der Waals surface area (Å²) < 4.78 is 0. The van der Waals surface area contributed by atoms with Gasteiger partial charge in [-0.05, 0) is 19.0 Å². The predicted octanol–water partition coefficient (Wildman–Crippen LogP) is 1.74. The minimum Gasteiger partial charge on any atom is -0.384 e. The molecule has 1 amide bonds. The van der Waals surface area contributed by atoms with Crippen LogP contribution in [0.25, 0.3) is 0 Å².